The SMILES string of the molecule is O=C(CN1C(=O)COc2ccc([N+](=O)[O-])cc21)NC1(C(=O)O)CCCCC1. The first-order valence-electron chi connectivity index (χ1n) is 8.58. The molecule has 0 unspecified atom stereocenters. The second-order valence-corrected chi connectivity index (χ2v) is 6.67. The maximum atomic E-state index is 12.5. The van der Waals surface area contributed by atoms with Gasteiger partial charge in [0.25, 0.3) is 11.6 Å². The number of nitrogens with one attached hydrogen (secondary N) is 1. The second-order valence-electron chi connectivity index (χ2n) is 6.67. The van der Waals surface area contributed by atoms with Crippen molar-refractivity contribution in [3.05, 3.63) is 28.3 Å². The number of carboxylic acids is 1. The lowest BCUT2D eigenvalue weighted by Gasteiger charge is -2.35. The first kappa shape index (κ1) is 18.6. The van der Waals surface area contributed by atoms with Crippen molar-refractivity contribution in [2.24, 2.45) is 0 Å². The molecule has 0 aromatic heterocycles. The number of rotatable bonds is 5. The smallest absolute Gasteiger partial charge is 0.329 e. The summed E-state index contributed by atoms with van der Waals surface area (Å²) >= 11 is 0. The Morgan fingerprint density at radius 2 is 2.00 bits per heavy atom. The van der Waals surface area contributed by atoms with E-state index >= 15 is 0 Å². The minimum absolute atomic E-state index is 0.114. The van der Waals surface area contributed by atoms with Gasteiger partial charge < -0.3 is 15.2 Å². The molecule has 1 fully saturated rings. The van der Waals surface area contributed by atoms with Crippen LogP contribution in [-0.2, 0) is 14.4 Å². The fourth-order valence-corrected chi connectivity index (χ4v) is 3.48. The molecule has 27 heavy (non-hydrogen) atoms. The standard InChI is InChI=1S/C17H19N3O7/c21-14(18-17(16(23)24)6-2-1-3-7-17)9-19-12-8-11(20(25)26)4-5-13(12)27-10-15(19)22/h4-5,8H,1-3,6-7,9-10H2,(H,18,21)(H,23,24). The number of amides is 2. The third kappa shape index (κ3) is 3.69. The van der Waals surface area contributed by atoms with Gasteiger partial charge >= 0.3 is 5.97 Å². The van der Waals surface area contributed by atoms with Gasteiger partial charge in [-0.1, -0.05) is 19.3 Å². The van der Waals surface area contributed by atoms with Crippen molar-refractivity contribution in [1.29, 1.82) is 0 Å². The summed E-state index contributed by atoms with van der Waals surface area (Å²) in [5.74, 6) is -2.02. The number of nitrogens with zero attached hydrogens (tertiary/aromatic N) is 2. The molecule has 0 saturated heterocycles. The molecule has 0 atom stereocenters. The molecule has 10 nitrogen and oxygen atoms in total. The lowest BCUT2D eigenvalue weighted by atomic mass is 9.81. The maximum Gasteiger partial charge on any atom is 0.329 e. The highest BCUT2D eigenvalue weighted by Gasteiger charge is 2.41. The number of carboxylic acid groups (broad SMARTS) is 1. The summed E-state index contributed by atoms with van der Waals surface area (Å²) in [6.07, 6.45) is 2.94. The van der Waals surface area contributed by atoms with Gasteiger partial charge in [-0.15, -0.1) is 0 Å². The first-order valence-corrected chi connectivity index (χ1v) is 8.58. The Morgan fingerprint density at radius 1 is 1.30 bits per heavy atom. The molecule has 144 valence electrons. The minimum atomic E-state index is -1.34. The van der Waals surface area contributed by atoms with Crippen molar-refractivity contribution in [2.45, 2.75) is 37.6 Å². The largest absolute Gasteiger partial charge is 0.482 e. The highest BCUT2D eigenvalue weighted by Crippen LogP contribution is 2.35. The summed E-state index contributed by atoms with van der Waals surface area (Å²) in [4.78, 5) is 47.9. The quantitative estimate of drug-likeness (QED) is 0.581. The van der Waals surface area contributed by atoms with E-state index in [0.717, 1.165) is 17.4 Å². The molecule has 2 N–H and O–H groups in total. The van der Waals surface area contributed by atoms with Crippen LogP contribution in [0.5, 0.6) is 5.75 Å². The van der Waals surface area contributed by atoms with Crippen molar-refractivity contribution < 1.29 is 29.2 Å². The summed E-state index contributed by atoms with van der Waals surface area (Å²) < 4.78 is 5.25. The molecule has 0 radical (unpaired) electrons. The topological polar surface area (TPSA) is 139 Å². The van der Waals surface area contributed by atoms with Gasteiger partial charge in [0, 0.05) is 12.1 Å². The monoisotopic (exact) mass is 377 g/mol. The molecule has 1 aliphatic heterocycles. The van der Waals surface area contributed by atoms with Gasteiger partial charge in [0.05, 0.1) is 10.6 Å². The number of carbonyl (C=O) groups excluding carboxylic acids is 2. The molecule has 0 bridgehead atoms. The number of nitro benzene ring substituents is 1. The lowest BCUT2D eigenvalue weighted by Crippen LogP contribution is -2.58. The van der Waals surface area contributed by atoms with Crippen molar-refractivity contribution in [1.82, 2.24) is 5.32 Å². The van der Waals surface area contributed by atoms with E-state index in [1.807, 2.05) is 0 Å². The van der Waals surface area contributed by atoms with Crippen molar-refractivity contribution in [2.75, 3.05) is 18.1 Å². The number of aliphatic carboxylic acids is 1. The Kier molecular flexibility index (Phi) is 4.98. The molecule has 2 amide bonds. The highest BCUT2D eigenvalue weighted by atomic mass is 16.6. The van der Waals surface area contributed by atoms with E-state index in [0.29, 0.717) is 25.7 Å². The van der Waals surface area contributed by atoms with Crippen LogP contribution in [-0.4, -0.2) is 46.5 Å². The summed E-state index contributed by atoms with van der Waals surface area (Å²) in [5.41, 5.74) is -1.47. The Labute approximate surface area is 154 Å². The molecule has 10 heteroatoms. The molecule has 1 heterocycles. The van der Waals surface area contributed by atoms with Crippen LogP contribution in [0.2, 0.25) is 0 Å². The van der Waals surface area contributed by atoms with Crippen LogP contribution in [0.1, 0.15) is 32.1 Å². The highest BCUT2D eigenvalue weighted by molar-refractivity contribution is 6.03. The van der Waals surface area contributed by atoms with Crippen molar-refractivity contribution in [3.63, 3.8) is 0 Å². The number of benzene rings is 1. The second kappa shape index (κ2) is 7.22. The van der Waals surface area contributed by atoms with Gasteiger partial charge in [-0.2, -0.15) is 0 Å². The van der Waals surface area contributed by atoms with Crippen LogP contribution < -0.4 is 15.0 Å². The third-order valence-corrected chi connectivity index (χ3v) is 4.89. The van der Waals surface area contributed by atoms with Gasteiger partial charge in [-0.05, 0) is 18.9 Å². The van der Waals surface area contributed by atoms with E-state index < -0.39 is 34.8 Å². The van der Waals surface area contributed by atoms with E-state index in [-0.39, 0.29) is 23.7 Å². The molecule has 3 rings (SSSR count). The molecule has 0 spiro atoms. The van der Waals surface area contributed by atoms with Crippen LogP contribution in [0.3, 0.4) is 0 Å². The number of anilines is 1. The maximum absolute atomic E-state index is 12.5. The normalized spacial score (nSPS) is 18.2. The number of non-ortho nitro benzene ring substituents is 1. The lowest BCUT2D eigenvalue weighted by molar-refractivity contribution is -0.384. The summed E-state index contributed by atoms with van der Waals surface area (Å²) in [6, 6.07) is 3.77. The molecule has 1 aromatic rings. The van der Waals surface area contributed by atoms with Gasteiger partial charge in [0.2, 0.25) is 5.91 Å². The molecule has 1 aliphatic carbocycles. The average Bonchev–Trinajstić information content (AvgIpc) is 2.64. The Hall–Kier alpha value is -3.17. The zero-order chi connectivity index (χ0) is 19.6. The van der Waals surface area contributed by atoms with Crippen LogP contribution in [0.15, 0.2) is 18.2 Å². The first-order chi connectivity index (χ1) is 12.8. The van der Waals surface area contributed by atoms with Crippen LogP contribution in [0.25, 0.3) is 0 Å². The van der Waals surface area contributed by atoms with E-state index in [4.69, 9.17) is 4.74 Å². The zero-order valence-corrected chi connectivity index (χ0v) is 14.5. The number of nitro groups is 1. The van der Waals surface area contributed by atoms with Crippen LogP contribution in [0, 0.1) is 10.1 Å². The van der Waals surface area contributed by atoms with Gasteiger partial charge in [0.15, 0.2) is 6.61 Å². The third-order valence-electron chi connectivity index (χ3n) is 4.89. The summed E-state index contributed by atoms with van der Waals surface area (Å²) in [7, 11) is 0. The Bertz CT molecular complexity index is 802. The fraction of sp³-hybridized carbons (Fsp3) is 0.471. The number of hydrogen-bond acceptors (Lipinski definition) is 6. The molecule has 1 saturated carbocycles. The summed E-state index contributed by atoms with van der Waals surface area (Å²) in [6.45, 7) is -0.743. The minimum Gasteiger partial charge on any atom is -0.482 e. The number of carbonyl (C=O) groups is 3. The predicted molar refractivity (Wildman–Crippen MR) is 92.5 cm³/mol. The zero-order valence-electron chi connectivity index (χ0n) is 14.5. The van der Waals surface area contributed by atoms with Crippen LogP contribution >= 0.6 is 0 Å². The molecular weight excluding hydrogens is 358 g/mol. The fourth-order valence-electron chi connectivity index (χ4n) is 3.48. The molecule has 2 aliphatic rings. The van der Waals surface area contributed by atoms with Crippen molar-refractivity contribution in [3.8, 4) is 5.75 Å². The predicted octanol–water partition coefficient (Wildman–Crippen LogP) is 1.22. The Balaban J connectivity index is 1.81. The van der Waals surface area contributed by atoms with E-state index in [9.17, 15) is 29.6 Å². The van der Waals surface area contributed by atoms with E-state index in [1.54, 1.807) is 0 Å². The number of ether oxygens (including phenoxy) is 1. The van der Waals surface area contributed by atoms with Gasteiger partial charge in [-0.3, -0.25) is 24.6 Å². The molecular formula is C17H19N3O7. The summed E-state index contributed by atoms with van der Waals surface area (Å²) in [5, 5.41) is 23.1. The van der Waals surface area contributed by atoms with Gasteiger partial charge in [-0.25, -0.2) is 4.79 Å². The Morgan fingerprint density at radius 3 is 2.63 bits per heavy atom. The number of fused-ring (bicyclic) bond motifs is 1. The van der Waals surface area contributed by atoms with Crippen molar-refractivity contribution >= 4 is 29.2 Å². The van der Waals surface area contributed by atoms with Crippen LogP contribution in [0.4, 0.5) is 11.4 Å². The van der Waals surface area contributed by atoms with Gasteiger partial charge in [0.1, 0.15) is 17.8 Å². The molecule has 1 aromatic carbocycles. The van der Waals surface area contributed by atoms with E-state index in [2.05, 4.69) is 5.32 Å². The number of hydrogen-bond donors (Lipinski definition) is 2. The van der Waals surface area contributed by atoms with E-state index in [1.165, 1.54) is 12.1 Å². The average molecular weight is 377 g/mol.